The van der Waals surface area contributed by atoms with Crippen LogP contribution in [-0.4, -0.2) is 27.7 Å². The highest BCUT2D eigenvalue weighted by Crippen LogP contribution is 2.38. The van der Waals surface area contributed by atoms with Gasteiger partial charge in [-0.1, -0.05) is 0 Å². The average Bonchev–Trinajstić information content (AvgIpc) is 2.37. The Hall–Kier alpha value is -2.70. The monoisotopic (exact) mass is 307 g/mol. The lowest BCUT2D eigenvalue weighted by molar-refractivity contribution is -0.386. The molecule has 118 valence electrons. The highest BCUT2D eigenvalue weighted by atomic mass is 16.6. The van der Waals surface area contributed by atoms with Crippen molar-refractivity contribution in [2.24, 2.45) is 0 Å². The number of aromatic hydroxyl groups is 1. The van der Waals surface area contributed by atoms with E-state index in [1.54, 1.807) is 13.8 Å². The molecule has 0 unspecified atom stereocenters. The van der Waals surface area contributed by atoms with Crippen LogP contribution < -0.4 is 4.74 Å². The Morgan fingerprint density at radius 3 is 2.23 bits per heavy atom. The van der Waals surface area contributed by atoms with E-state index in [-0.39, 0.29) is 23.0 Å². The van der Waals surface area contributed by atoms with Gasteiger partial charge in [0.25, 0.3) is 0 Å². The van der Waals surface area contributed by atoms with Gasteiger partial charge in [-0.15, -0.1) is 0 Å². The summed E-state index contributed by atoms with van der Waals surface area (Å²) in [5.41, 5.74) is -0.377. The lowest BCUT2D eigenvalue weighted by Gasteiger charge is -2.12. The number of Topliss-reactive ketones (excluding diaryl/α,β-unsaturated/α-hetero) is 2. The van der Waals surface area contributed by atoms with Crippen LogP contribution in [0.4, 0.5) is 5.69 Å². The summed E-state index contributed by atoms with van der Waals surface area (Å²) in [6.45, 7) is 5.77. The summed E-state index contributed by atoms with van der Waals surface area (Å²) >= 11 is 0. The van der Waals surface area contributed by atoms with Gasteiger partial charge in [-0.2, -0.15) is 0 Å². The molecule has 0 saturated carbocycles. The lowest BCUT2D eigenvalue weighted by Crippen LogP contribution is -2.08. The molecular weight excluding hydrogens is 290 g/mol. The van der Waals surface area contributed by atoms with Crippen LogP contribution in [0.3, 0.4) is 0 Å². The van der Waals surface area contributed by atoms with Crippen molar-refractivity contribution in [3.05, 3.63) is 33.4 Å². The van der Waals surface area contributed by atoms with E-state index < -0.39 is 27.9 Å². The van der Waals surface area contributed by atoms with Crippen LogP contribution in [0.5, 0.6) is 11.5 Å². The number of carbonyl (C=O) groups excluding carboxylic acids is 2. The first-order valence-electron chi connectivity index (χ1n) is 6.55. The van der Waals surface area contributed by atoms with Gasteiger partial charge < -0.3 is 9.84 Å². The van der Waals surface area contributed by atoms with E-state index >= 15 is 0 Å². The van der Waals surface area contributed by atoms with Gasteiger partial charge in [0.05, 0.1) is 16.6 Å². The van der Waals surface area contributed by atoms with Crippen LogP contribution >= 0.6 is 0 Å². The number of ether oxygens (including phenoxy) is 1. The average molecular weight is 307 g/mol. The molecule has 0 bridgehead atoms. The molecule has 0 aliphatic rings. The van der Waals surface area contributed by atoms with Gasteiger partial charge in [-0.25, -0.2) is 0 Å². The third-order valence-electron chi connectivity index (χ3n) is 2.69. The maximum absolute atomic E-state index is 11.4. The molecule has 1 aromatic rings. The molecular formula is C15H17NO6. The highest BCUT2D eigenvalue weighted by molar-refractivity contribution is 6.21. The fourth-order valence-corrected chi connectivity index (χ4v) is 1.81. The number of carbonyl (C=O) groups is 2. The number of phenolic OH excluding ortho intramolecular Hbond substituents is 1. The third-order valence-corrected chi connectivity index (χ3v) is 2.69. The highest BCUT2D eigenvalue weighted by Gasteiger charge is 2.22. The summed E-state index contributed by atoms with van der Waals surface area (Å²) < 4.78 is 5.25. The minimum Gasteiger partial charge on any atom is -0.504 e. The Kier molecular flexibility index (Phi) is 5.39. The Labute approximate surface area is 127 Å². The normalized spacial score (nSPS) is 10.2. The van der Waals surface area contributed by atoms with Gasteiger partial charge in [-0.3, -0.25) is 19.7 Å². The largest absolute Gasteiger partial charge is 0.504 e. The van der Waals surface area contributed by atoms with Crippen LogP contribution in [0.15, 0.2) is 17.7 Å². The molecule has 7 heteroatoms. The zero-order valence-electron chi connectivity index (χ0n) is 12.7. The van der Waals surface area contributed by atoms with Gasteiger partial charge >= 0.3 is 5.69 Å². The van der Waals surface area contributed by atoms with Crippen molar-refractivity contribution in [2.75, 3.05) is 0 Å². The number of ketones is 2. The molecule has 0 spiro atoms. The number of hydrogen-bond acceptors (Lipinski definition) is 6. The quantitative estimate of drug-likeness (QED) is 0.285. The van der Waals surface area contributed by atoms with Crippen LogP contribution in [0.2, 0.25) is 0 Å². The van der Waals surface area contributed by atoms with E-state index in [9.17, 15) is 24.8 Å². The predicted molar refractivity (Wildman–Crippen MR) is 79.9 cm³/mol. The SMILES string of the molecule is CC(=O)C(=Cc1cc(O)c(OC(C)C)c([N+](=O)[O-])c1)C(C)=O. The molecule has 0 heterocycles. The van der Waals surface area contributed by atoms with Crippen molar-refractivity contribution < 1.29 is 24.4 Å². The molecule has 1 aromatic carbocycles. The molecule has 0 atom stereocenters. The first-order valence-corrected chi connectivity index (χ1v) is 6.55. The topological polar surface area (TPSA) is 107 Å². The number of phenols is 1. The maximum atomic E-state index is 11.4. The van der Waals surface area contributed by atoms with Crippen LogP contribution in [0.1, 0.15) is 33.3 Å². The fraction of sp³-hybridized carbons (Fsp3) is 0.333. The van der Waals surface area contributed by atoms with E-state index in [1.807, 2.05) is 0 Å². The molecule has 0 saturated heterocycles. The Morgan fingerprint density at radius 2 is 1.82 bits per heavy atom. The first kappa shape index (κ1) is 17.4. The van der Waals surface area contributed by atoms with Gasteiger partial charge in [-0.05, 0) is 45.4 Å². The van der Waals surface area contributed by atoms with Gasteiger partial charge in [0.1, 0.15) is 0 Å². The summed E-state index contributed by atoms with van der Waals surface area (Å²) in [4.78, 5) is 33.2. The number of nitrogens with zero attached hydrogens (tertiary/aromatic N) is 1. The molecule has 0 aliphatic heterocycles. The predicted octanol–water partition coefficient (Wildman–Crippen LogP) is 2.65. The minimum absolute atomic E-state index is 0.105. The van der Waals surface area contributed by atoms with Crippen molar-refractivity contribution in [3.63, 3.8) is 0 Å². The Morgan fingerprint density at radius 1 is 1.27 bits per heavy atom. The van der Waals surface area contributed by atoms with Crippen LogP contribution in [0.25, 0.3) is 6.08 Å². The minimum atomic E-state index is -0.698. The summed E-state index contributed by atoms with van der Waals surface area (Å²) in [5.74, 6) is -1.60. The zero-order valence-corrected chi connectivity index (χ0v) is 12.7. The van der Waals surface area contributed by atoms with Crippen molar-refractivity contribution in [3.8, 4) is 11.5 Å². The van der Waals surface area contributed by atoms with E-state index in [4.69, 9.17) is 4.74 Å². The second-order valence-electron chi connectivity index (χ2n) is 4.98. The van der Waals surface area contributed by atoms with Crippen molar-refractivity contribution in [1.82, 2.24) is 0 Å². The number of rotatable bonds is 6. The molecule has 7 nitrogen and oxygen atoms in total. The number of nitro benzene ring substituents is 1. The molecule has 0 radical (unpaired) electrons. The second kappa shape index (κ2) is 6.84. The summed E-state index contributed by atoms with van der Waals surface area (Å²) in [5, 5.41) is 21.1. The van der Waals surface area contributed by atoms with Crippen LogP contribution in [-0.2, 0) is 9.59 Å². The van der Waals surface area contributed by atoms with Gasteiger partial charge in [0, 0.05) is 6.07 Å². The summed E-state index contributed by atoms with van der Waals surface area (Å²) in [7, 11) is 0. The molecule has 1 N–H and O–H groups in total. The third kappa shape index (κ3) is 4.15. The zero-order chi connectivity index (χ0) is 17.0. The first-order chi connectivity index (χ1) is 10.1. The smallest absolute Gasteiger partial charge is 0.315 e. The second-order valence-corrected chi connectivity index (χ2v) is 4.98. The lowest BCUT2D eigenvalue weighted by atomic mass is 10.0. The molecule has 0 amide bonds. The van der Waals surface area contributed by atoms with Crippen molar-refractivity contribution in [1.29, 1.82) is 0 Å². The standard InChI is InChI=1S/C15H17NO6/c1-8(2)22-15-13(16(20)21)6-11(7-14(15)19)5-12(9(3)17)10(4)18/h5-8,19H,1-4H3. The van der Waals surface area contributed by atoms with Gasteiger partial charge in [0.2, 0.25) is 5.75 Å². The van der Waals surface area contributed by atoms with E-state index in [1.165, 1.54) is 26.0 Å². The maximum Gasteiger partial charge on any atom is 0.315 e. The number of allylic oxidation sites excluding steroid dienone is 1. The Bertz CT molecular complexity index is 644. The van der Waals surface area contributed by atoms with E-state index in [0.717, 1.165) is 6.07 Å². The Balaban J connectivity index is 3.48. The number of nitro groups is 1. The summed E-state index contributed by atoms with van der Waals surface area (Å²) in [6.07, 6.45) is 0.840. The molecule has 1 rings (SSSR count). The van der Waals surface area contributed by atoms with Crippen molar-refractivity contribution in [2.45, 2.75) is 33.8 Å². The fourth-order valence-electron chi connectivity index (χ4n) is 1.81. The van der Waals surface area contributed by atoms with Crippen molar-refractivity contribution >= 4 is 23.3 Å². The van der Waals surface area contributed by atoms with Crippen LogP contribution in [0, 0.1) is 10.1 Å². The van der Waals surface area contributed by atoms with Gasteiger partial charge in [0.15, 0.2) is 17.3 Å². The van der Waals surface area contributed by atoms with E-state index in [0.29, 0.717) is 0 Å². The number of benzene rings is 1. The molecule has 0 fully saturated rings. The summed E-state index contributed by atoms with van der Waals surface area (Å²) in [6, 6.07) is 2.35. The molecule has 22 heavy (non-hydrogen) atoms. The molecule has 0 aliphatic carbocycles. The van der Waals surface area contributed by atoms with E-state index in [2.05, 4.69) is 0 Å². The molecule has 0 aromatic heterocycles. The number of hydrogen-bond donors (Lipinski definition) is 1.